The normalized spacial score (nSPS) is 9.07. The zero-order valence-electron chi connectivity index (χ0n) is 7.42. The molecule has 0 unspecified atom stereocenters. The fraction of sp³-hybridized carbons (Fsp3) is 0.222. The van der Waals surface area contributed by atoms with E-state index in [-0.39, 0.29) is 13.1 Å². The number of hydrogen-bond acceptors (Lipinski definition) is 3. The van der Waals surface area contributed by atoms with E-state index in [0.29, 0.717) is 5.56 Å². The van der Waals surface area contributed by atoms with Gasteiger partial charge in [-0.25, -0.2) is 14.8 Å². The highest BCUT2D eigenvalue weighted by Gasteiger charge is 2.10. The minimum atomic E-state index is -1.05. The number of nitrogens with zero attached hydrogens (tertiary/aromatic N) is 3. The first kappa shape index (κ1) is 9.99. The number of terminal acetylenes is 1. The molecule has 0 radical (unpaired) electrons. The van der Waals surface area contributed by atoms with Crippen molar-refractivity contribution in [2.45, 2.75) is 6.54 Å². The van der Waals surface area contributed by atoms with Crippen molar-refractivity contribution in [3.8, 4) is 12.3 Å². The van der Waals surface area contributed by atoms with Gasteiger partial charge in [0.1, 0.15) is 6.33 Å². The van der Waals surface area contributed by atoms with Crippen LogP contribution in [-0.2, 0) is 6.54 Å². The third-order valence-corrected chi connectivity index (χ3v) is 1.54. The van der Waals surface area contributed by atoms with Crippen molar-refractivity contribution in [1.82, 2.24) is 14.9 Å². The van der Waals surface area contributed by atoms with Gasteiger partial charge in [-0.15, -0.1) is 6.42 Å². The molecule has 0 fully saturated rings. The SMILES string of the molecule is C#CCN(Cc1cncnc1)C(=O)O. The number of hydrogen-bond donors (Lipinski definition) is 1. The first-order valence-electron chi connectivity index (χ1n) is 3.89. The molecule has 72 valence electrons. The maximum absolute atomic E-state index is 10.7. The number of amides is 1. The summed E-state index contributed by atoms with van der Waals surface area (Å²) in [5.74, 6) is 2.27. The zero-order chi connectivity index (χ0) is 10.4. The number of carboxylic acid groups (broad SMARTS) is 1. The van der Waals surface area contributed by atoms with Gasteiger partial charge in [-0.3, -0.25) is 4.90 Å². The highest BCUT2D eigenvalue weighted by Crippen LogP contribution is 2.00. The summed E-state index contributed by atoms with van der Waals surface area (Å²) in [6.07, 6.45) is 8.48. The van der Waals surface area contributed by atoms with Crippen LogP contribution >= 0.6 is 0 Å². The Labute approximate surface area is 81.4 Å². The lowest BCUT2D eigenvalue weighted by Crippen LogP contribution is -2.29. The summed E-state index contributed by atoms with van der Waals surface area (Å²) >= 11 is 0. The standard InChI is InChI=1S/C9H9N3O2/c1-2-3-12(9(13)14)6-8-4-10-7-11-5-8/h1,4-5,7H,3,6H2,(H,13,14). The smallest absolute Gasteiger partial charge is 0.408 e. The molecule has 1 aromatic rings. The molecule has 0 spiro atoms. The van der Waals surface area contributed by atoms with Gasteiger partial charge >= 0.3 is 6.09 Å². The average Bonchev–Trinajstić information content (AvgIpc) is 2.18. The van der Waals surface area contributed by atoms with Crippen LogP contribution in [0.4, 0.5) is 4.79 Å². The van der Waals surface area contributed by atoms with E-state index in [1.807, 2.05) is 0 Å². The fourth-order valence-corrected chi connectivity index (χ4v) is 0.933. The molecule has 1 amide bonds. The summed E-state index contributed by atoms with van der Waals surface area (Å²) in [7, 11) is 0. The lowest BCUT2D eigenvalue weighted by atomic mass is 10.3. The maximum Gasteiger partial charge on any atom is 0.408 e. The molecule has 1 heterocycles. The lowest BCUT2D eigenvalue weighted by Gasteiger charge is -2.15. The van der Waals surface area contributed by atoms with Gasteiger partial charge in [-0.1, -0.05) is 5.92 Å². The molecule has 0 bridgehead atoms. The van der Waals surface area contributed by atoms with Crippen LogP contribution in [0.15, 0.2) is 18.7 Å². The van der Waals surface area contributed by atoms with Crippen molar-refractivity contribution in [2.75, 3.05) is 6.54 Å². The second-order valence-electron chi connectivity index (χ2n) is 2.59. The second-order valence-corrected chi connectivity index (χ2v) is 2.59. The van der Waals surface area contributed by atoms with Crippen LogP contribution in [0.1, 0.15) is 5.56 Å². The van der Waals surface area contributed by atoms with Crippen LogP contribution in [0.2, 0.25) is 0 Å². The molecule has 1 N–H and O–H groups in total. The van der Waals surface area contributed by atoms with Gasteiger partial charge in [-0.2, -0.15) is 0 Å². The molecule has 5 heteroatoms. The van der Waals surface area contributed by atoms with E-state index < -0.39 is 6.09 Å². The van der Waals surface area contributed by atoms with Crippen LogP contribution in [0.3, 0.4) is 0 Å². The average molecular weight is 191 g/mol. The first-order valence-corrected chi connectivity index (χ1v) is 3.89. The lowest BCUT2D eigenvalue weighted by molar-refractivity contribution is 0.148. The van der Waals surface area contributed by atoms with Crippen molar-refractivity contribution in [3.63, 3.8) is 0 Å². The van der Waals surface area contributed by atoms with Crippen LogP contribution in [0, 0.1) is 12.3 Å². The summed E-state index contributed by atoms with van der Waals surface area (Å²) in [5.41, 5.74) is 0.713. The molecule has 5 nitrogen and oxygen atoms in total. The minimum Gasteiger partial charge on any atom is -0.465 e. The number of aromatic nitrogens is 2. The van der Waals surface area contributed by atoms with Gasteiger partial charge in [0.15, 0.2) is 0 Å². The Morgan fingerprint density at radius 3 is 2.71 bits per heavy atom. The Bertz CT molecular complexity index is 345. The Kier molecular flexibility index (Phi) is 3.44. The summed E-state index contributed by atoms with van der Waals surface area (Å²) < 4.78 is 0. The minimum absolute atomic E-state index is 0.0597. The van der Waals surface area contributed by atoms with E-state index in [4.69, 9.17) is 11.5 Å². The molecule has 1 rings (SSSR count). The van der Waals surface area contributed by atoms with Crippen LogP contribution in [-0.4, -0.2) is 32.6 Å². The van der Waals surface area contributed by atoms with Crippen molar-refractivity contribution >= 4 is 6.09 Å². The van der Waals surface area contributed by atoms with Gasteiger partial charge in [0, 0.05) is 18.0 Å². The van der Waals surface area contributed by atoms with Crippen molar-refractivity contribution in [3.05, 3.63) is 24.3 Å². The first-order chi connectivity index (χ1) is 6.74. The number of carbonyl (C=O) groups is 1. The van der Waals surface area contributed by atoms with E-state index in [9.17, 15) is 4.79 Å². The Morgan fingerprint density at radius 2 is 2.21 bits per heavy atom. The molecular formula is C9H9N3O2. The van der Waals surface area contributed by atoms with Crippen molar-refractivity contribution < 1.29 is 9.90 Å². The topological polar surface area (TPSA) is 66.3 Å². The molecular weight excluding hydrogens is 182 g/mol. The summed E-state index contributed by atoms with van der Waals surface area (Å²) in [4.78, 5) is 19.3. The van der Waals surface area contributed by atoms with Crippen molar-refractivity contribution in [2.24, 2.45) is 0 Å². The van der Waals surface area contributed by atoms with Gasteiger partial charge in [0.25, 0.3) is 0 Å². The second kappa shape index (κ2) is 4.82. The van der Waals surface area contributed by atoms with Crippen LogP contribution in [0.5, 0.6) is 0 Å². The predicted molar refractivity (Wildman–Crippen MR) is 49.3 cm³/mol. The third kappa shape index (κ3) is 2.75. The van der Waals surface area contributed by atoms with Gasteiger partial charge in [0.2, 0.25) is 0 Å². The summed E-state index contributed by atoms with van der Waals surface area (Å²) in [6.45, 7) is 0.268. The molecule has 0 aliphatic carbocycles. The van der Waals surface area contributed by atoms with Crippen LogP contribution < -0.4 is 0 Å². The third-order valence-electron chi connectivity index (χ3n) is 1.54. The van der Waals surface area contributed by atoms with Crippen LogP contribution in [0.25, 0.3) is 0 Å². The molecule has 0 atom stereocenters. The van der Waals surface area contributed by atoms with E-state index >= 15 is 0 Å². The molecule has 14 heavy (non-hydrogen) atoms. The van der Waals surface area contributed by atoms with Gasteiger partial charge < -0.3 is 5.11 Å². The van der Waals surface area contributed by atoms with E-state index in [1.165, 1.54) is 6.33 Å². The van der Waals surface area contributed by atoms with E-state index in [1.54, 1.807) is 12.4 Å². The van der Waals surface area contributed by atoms with Crippen molar-refractivity contribution in [1.29, 1.82) is 0 Å². The molecule has 0 aliphatic rings. The Balaban J connectivity index is 2.66. The largest absolute Gasteiger partial charge is 0.465 e. The molecule has 0 aliphatic heterocycles. The fourth-order valence-electron chi connectivity index (χ4n) is 0.933. The quantitative estimate of drug-likeness (QED) is 0.710. The Morgan fingerprint density at radius 1 is 1.57 bits per heavy atom. The van der Waals surface area contributed by atoms with Gasteiger partial charge in [0.05, 0.1) is 13.1 Å². The highest BCUT2D eigenvalue weighted by atomic mass is 16.4. The predicted octanol–water partition coefficient (Wildman–Crippen LogP) is 0.590. The zero-order valence-corrected chi connectivity index (χ0v) is 7.42. The maximum atomic E-state index is 10.7. The summed E-state index contributed by atoms with van der Waals surface area (Å²) in [5, 5.41) is 8.76. The van der Waals surface area contributed by atoms with E-state index in [2.05, 4.69) is 15.9 Å². The Hall–Kier alpha value is -2.09. The molecule has 0 saturated carbocycles. The summed E-state index contributed by atoms with van der Waals surface area (Å²) in [6, 6.07) is 0. The number of rotatable bonds is 3. The molecule has 0 aromatic carbocycles. The molecule has 1 aromatic heterocycles. The van der Waals surface area contributed by atoms with E-state index in [0.717, 1.165) is 4.90 Å². The molecule has 0 saturated heterocycles. The van der Waals surface area contributed by atoms with Gasteiger partial charge in [-0.05, 0) is 0 Å². The monoisotopic (exact) mass is 191 g/mol. The highest BCUT2D eigenvalue weighted by molar-refractivity contribution is 5.65.